The highest BCUT2D eigenvalue weighted by Crippen LogP contribution is 2.03. The van der Waals surface area contributed by atoms with Crippen LogP contribution in [0, 0.1) is 0 Å². The van der Waals surface area contributed by atoms with E-state index in [-0.39, 0.29) is 0 Å². The minimum absolute atomic E-state index is 0.751. The van der Waals surface area contributed by atoms with Crippen LogP contribution in [0.25, 0.3) is 0 Å². The summed E-state index contributed by atoms with van der Waals surface area (Å²) in [6.45, 7) is 1.99. The molecule has 0 amide bonds. The molecule has 0 unspecified atom stereocenters. The van der Waals surface area contributed by atoms with Gasteiger partial charge in [-0.1, -0.05) is 11.9 Å². The highest BCUT2D eigenvalue weighted by atomic mass is 32.2. The quantitative estimate of drug-likeness (QED) is 0.254. The van der Waals surface area contributed by atoms with Crippen LogP contribution in [0.1, 0.15) is 0 Å². The van der Waals surface area contributed by atoms with Crippen LogP contribution < -0.4 is 0 Å². The lowest BCUT2D eigenvalue weighted by molar-refractivity contribution is 0.259. The van der Waals surface area contributed by atoms with Gasteiger partial charge in [0, 0.05) is 14.2 Å². The van der Waals surface area contributed by atoms with E-state index < -0.39 is 0 Å². The molecule has 1 radical (unpaired) electrons. The van der Waals surface area contributed by atoms with E-state index in [1.807, 2.05) is 6.56 Å². The molecule has 0 aromatic carbocycles. The monoisotopic (exact) mass is 165 g/mol. The van der Waals surface area contributed by atoms with Gasteiger partial charge in [-0.25, -0.2) is 0 Å². The van der Waals surface area contributed by atoms with Crippen molar-refractivity contribution in [1.82, 2.24) is 0 Å². The molecule has 0 atom stereocenters. The molecule has 0 saturated heterocycles. The molecule has 0 fully saturated rings. The van der Waals surface area contributed by atoms with Crippen molar-refractivity contribution in [3.63, 3.8) is 0 Å². The zero-order valence-corrected chi connectivity index (χ0v) is 7.26. The summed E-state index contributed by atoms with van der Waals surface area (Å²) in [5.74, 6) is 0.751. The Bertz CT molecular complexity index is 49.8. The molecule has 0 bridgehead atoms. The Kier molecular flexibility index (Phi) is 9.35. The first-order valence-corrected chi connectivity index (χ1v) is 4.45. The van der Waals surface area contributed by atoms with Gasteiger partial charge in [-0.3, -0.25) is 0 Å². The van der Waals surface area contributed by atoms with Crippen LogP contribution in [0.4, 0.5) is 0 Å². The molecule has 0 aromatic rings. The predicted molar refractivity (Wildman–Crippen MR) is 44.7 cm³/mol. The number of hydrogen-bond donors (Lipinski definition) is 0. The molecule has 0 aliphatic rings. The molecular formula is C4H10BO2S2. The fourth-order valence-corrected chi connectivity index (χ4v) is 1.28. The molecule has 0 spiro atoms. The first-order chi connectivity index (χ1) is 4.41. The summed E-state index contributed by atoms with van der Waals surface area (Å²) >= 11 is 3.07. The van der Waals surface area contributed by atoms with E-state index in [0.29, 0.717) is 0 Å². The fourth-order valence-electron chi connectivity index (χ4n) is 0.275. The maximum absolute atomic E-state index is 4.81. The first kappa shape index (κ1) is 9.68. The summed E-state index contributed by atoms with van der Waals surface area (Å²) < 4.78 is 9.54. The van der Waals surface area contributed by atoms with Crippen LogP contribution in [-0.4, -0.2) is 32.4 Å². The molecule has 9 heavy (non-hydrogen) atoms. The van der Waals surface area contributed by atoms with E-state index in [9.17, 15) is 0 Å². The number of hydrogen-bond acceptors (Lipinski definition) is 4. The van der Waals surface area contributed by atoms with Crippen molar-refractivity contribution in [2.45, 2.75) is 0 Å². The average Bonchev–Trinajstić information content (AvgIpc) is 1.89. The molecule has 53 valence electrons. The van der Waals surface area contributed by atoms with Gasteiger partial charge in [0.15, 0.2) is 0 Å². The molecule has 5 heteroatoms. The number of thioether (sulfide) groups is 1. The van der Waals surface area contributed by atoms with Gasteiger partial charge in [0.1, 0.15) is 0 Å². The van der Waals surface area contributed by atoms with Crippen molar-refractivity contribution in [2.24, 2.45) is 0 Å². The van der Waals surface area contributed by atoms with Gasteiger partial charge >= 0.3 is 0 Å². The second-order valence-corrected chi connectivity index (χ2v) is 3.04. The molecular weight excluding hydrogens is 155 g/mol. The minimum Gasteiger partial charge on any atom is -0.374 e. The van der Waals surface area contributed by atoms with E-state index >= 15 is 0 Å². The highest BCUT2D eigenvalue weighted by molar-refractivity contribution is 8.21. The molecule has 0 aliphatic heterocycles. The Balaban J connectivity index is 2.60. The fraction of sp³-hybridized carbons (Fsp3) is 1.00. The molecule has 0 saturated carbocycles. The summed E-state index contributed by atoms with van der Waals surface area (Å²) in [7, 11) is 3.35. The normalized spacial score (nSPS) is 9.56. The van der Waals surface area contributed by atoms with Gasteiger partial charge < -0.3 is 8.92 Å². The third kappa shape index (κ3) is 8.68. The van der Waals surface area contributed by atoms with Crippen molar-refractivity contribution in [3.05, 3.63) is 0 Å². The van der Waals surface area contributed by atoms with Crippen LogP contribution in [-0.2, 0) is 8.92 Å². The van der Waals surface area contributed by atoms with Gasteiger partial charge in [-0.05, 0) is 5.65 Å². The third-order valence-electron chi connectivity index (χ3n) is 0.551. The van der Waals surface area contributed by atoms with E-state index in [0.717, 1.165) is 11.6 Å². The second-order valence-electron chi connectivity index (χ2n) is 1.21. The highest BCUT2D eigenvalue weighted by Gasteiger charge is 1.90. The van der Waals surface area contributed by atoms with E-state index in [2.05, 4.69) is 0 Å². The first-order valence-electron chi connectivity index (χ1n) is 2.49. The maximum atomic E-state index is 4.81. The smallest absolute Gasteiger partial charge is 0.241 e. The standard InChI is InChI=1S/C4H10BO2S2/c1-6-4-8-3-5-9-7-2/h3-4H2,1-2H3. The Morgan fingerprint density at radius 2 is 2.22 bits per heavy atom. The average molecular weight is 165 g/mol. The molecule has 0 aliphatic carbocycles. The summed E-state index contributed by atoms with van der Waals surface area (Å²) in [6.07, 6.45) is 0. The molecule has 2 nitrogen and oxygen atoms in total. The summed E-state index contributed by atoms with van der Waals surface area (Å²) in [6, 6.07) is 0. The van der Waals surface area contributed by atoms with Crippen LogP contribution in [0.3, 0.4) is 0 Å². The maximum Gasteiger partial charge on any atom is 0.241 e. The summed E-state index contributed by atoms with van der Waals surface area (Å²) in [4.78, 5) is 0. The van der Waals surface area contributed by atoms with Gasteiger partial charge in [-0.15, -0.1) is 11.8 Å². The minimum atomic E-state index is 0.751. The number of methoxy groups -OCH3 is 1. The van der Waals surface area contributed by atoms with Gasteiger partial charge in [0.25, 0.3) is 0 Å². The van der Waals surface area contributed by atoms with E-state index in [4.69, 9.17) is 8.92 Å². The van der Waals surface area contributed by atoms with Crippen molar-refractivity contribution >= 4 is 30.2 Å². The van der Waals surface area contributed by atoms with Crippen LogP contribution >= 0.6 is 23.7 Å². The summed E-state index contributed by atoms with van der Waals surface area (Å²) in [5, 5.41) is 0. The third-order valence-corrected chi connectivity index (χ3v) is 2.06. The second kappa shape index (κ2) is 8.68. The lowest BCUT2D eigenvalue weighted by Crippen LogP contribution is -1.91. The van der Waals surface area contributed by atoms with E-state index in [1.165, 1.54) is 11.9 Å². The zero-order chi connectivity index (χ0) is 6.95. The van der Waals surface area contributed by atoms with Gasteiger partial charge in [0.2, 0.25) is 6.56 Å². The zero-order valence-electron chi connectivity index (χ0n) is 5.62. The van der Waals surface area contributed by atoms with Crippen molar-refractivity contribution in [1.29, 1.82) is 0 Å². The van der Waals surface area contributed by atoms with Crippen LogP contribution in [0.2, 0.25) is 0 Å². The molecule has 0 aromatic heterocycles. The van der Waals surface area contributed by atoms with Crippen molar-refractivity contribution in [2.75, 3.05) is 25.8 Å². The Morgan fingerprint density at radius 3 is 2.78 bits per heavy atom. The molecule has 0 rings (SSSR count). The van der Waals surface area contributed by atoms with Crippen molar-refractivity contribution < 1.29 is 8.92 Å². The Hall–Kier alpha value is 0.685. The molecule has 0 heterocycles. The predicted octanol–water partition coefficient (Wildman–Crippen LogP) is 1.19. The van der Waals surface area contributed by atoms with Crippen LogP contribution in [0.15, 0.2) is 0 Å². The van der Waals surface area contributed by atoms with Gasteiger partial charge in [0.05, 0.1) is 5.94 Å². The number of ether oxygens (including phenoxy) is 1. The molecule has 0 N–H and O–H groups in total. The van der Waals surface area contributed by atoms with E-state index in [1.54, 1.807) is 26.0 Å². The topological polar surface area (TPSA) is 18.5 Å². The SMILES string of the molecule is COCSC[B]SOC. The number of rotatable bonds is 6. The lowest BCUT2D eigenvalue weighted by Gasteiger charge is -1.95. The lowest BCUT2D eigenvalue weighted by atomic mass is 10.2. The van der Waals surface area contributed by atoms with Crippen LogP contribution in [0.5, 0.6) is 0 Å². The van der Waals surface area contributed by atoms with Gasteiger partial charge in [-0.2, -0.15) is 0 Å². The van der Waals surface area contributed by atoms with Crippen molar-refractivity contribution in [3.8, 4) is 0 Å². The summed E-state index contributed by atoms with van der Waals surface area (Å²) in [5.41, 5.74) is 0.965. The Morgan fingerprint density at radius 1 is 1.44 bits per heavy atom. The Labute approximate surface area is 65.4 Å². The largest absolute Gasteiger partial charge is 0.374 e.